The molecule has 0 spiro atoms. The number of nitrogens with zero attached hydrogens (tertiary/aromatic N) is 2. The van der Waals surface area contributed by atoms with E-state index in [-0.39, 0.29) is 5.03 Å². The zero-order chi connectivity index (χ0) is 10.9. The van der Waals surface area contributed by atoms with Gasteiger partial charge in [-0.3, -0.25) is 0 Å². The number of aromatic nitrogens is 2. The molecule has 84 valence electrons. The molecule has 1 unspecified atom stereocenters. The maximum absolute atomic E-state index is 12.0. The van der Waals surface area contributed by atoms with Crippen molar-refractivity contribution in [3.05, 3.63) is 12.5 Å². The van der Waals surface area contributed by atoms with Crippen molar-refractivity contribution in [2.45, 2.75) is 24.8 Å². The molecule has 0 saturated carbocycles. The fourth-order valence-corrected chi connectivity index (χ4v) is 3.30. The Morgan fingerprint density at radius 3 is 3.00 bits per heavy atom. The van der Waals surface area contributed by atoms with Crippen molar-refractivity contribution in [3.63, 3.8) is 0 Å². The molecule has 0 aliphatic carbocycles. The Kier molecular flexibility index (Phi) is 2.79. The topological polar surface area (TPSA) is 66.1 Å². The van der Waals surface area contributed by atoms with Gasteiger partial charge >= 0.3 is 0 Å². The zero-order valence-corrected chi connectivity index (χ0v) is 9.50. The molecule has 1 aliphatic heterocycles. The van der Waals surface area contributed by atoms with Crippen LogP contribution in [0.3, 0.4) is 0 Å². The summed E-state index contributed by atoms with van der Waals surface area (Å²) in [4.78, 5) is 6.38. The van der Waals surface area contributed by atoms with Crippen LogP contribution in [-0.4, -0.2) is 35.8 Å². The fraction of sp³-hybridized carbons (Fsp3) is 0.667. The van der Waals surface area contributed by atoms with Gasteiger partial charge in [0.1, 0.15) is 0 Å². The molecule has 6 heteroatoms. The van der Waals surface area contributed by atoms with Crippen LogP contribution in [0.25, 0.3) is 0 Å². The number of hydrogen-bond acceptors (Lipinski definition) is 3. The van der Waals surface area contributed by atoms with Gasteiger partial charge in [-0.25, -0.2) is 13.4 Å². The van der Waals surface area contributed by atoms with Crippen molar-refractivity contribution in [2.24, 2.45) is 5.92 Å². The lowest BCUT2D eigenvalue weighted by Crippen LogP contribution is -2.29. The van der Waals surface area contributed by atoms with E-state index in [0.717, 1.165) is 12.8 Å². The van der Waals surface area contributed by atoms with Gasteiger partial charge in [0.15, 0.2) is 5.03 Å². The molecule has 1 atom stereocenters. The van der Waals surface area contributed by atoms with Gasteiger partial charge in [0.25, 0.3) is 10.0 Å². The summed E-state index contributed by atoms with van der Waals surface area (Å²) in [6.07, 6.45) is 4.74. The van der Waals surface area contributed by atoms with E-state index < -0.39 is 10.0 Å². The Bertz CT molecular complexity index is 413. The Labute approximate surface area is 89.6 Å². The summed E-state index contributed by atoms with van der Waals surface area (Å²) in [6, 6.07) is 0. The van der Waals surface area contributed by atoms with E-state index in [1.54, 1.807) is 0 Å². The highest BCUT2D eigenvalue weighted by molar-refractivity contribution is 7.89. The van der Waals surface area contributed by atoms with Gasteiger partial charge in [-0.1, -0.05) is 13.3 Å². The number of rotatable bonds is 3. The lowest BCUT2D eigenvalue weighted by molar-refractivity contribution is 0.451. The molecule has 15 heavy (non-hydrogen) atoms. The van der Waals surface area contributed by atoms with E-state index >= 15 is 0 Å². The van der Waals surface area contributed by atoms with Crippen LogP contribution in [0.2, 0.25) is 0 Å². The smallest absolute Gasteiger partial charge is 0.260 e. The van der Waals surface area contributed by atoms with Crippen molar-refractivity contribution >= 4 is 10.0 Å². The number of sulfonamides is 1. The van der Waals surface area contributed by atoms with Crippen molar-refractivity contribution in [1.82, 2.24) is 14.3 Å². The predicted octanol–water partition coefficient (Wildman–Crippen LogP) is 0.830. The first-order valence-electron chi connectivity index (χ1n) is 5.13. The average Bonchev–Trinajstić information content (AvgIpc) is 2.89. The fourth-order valence-electron chi connectivity index (χ4n) is 1.87. The Balaban J connectivity index is 2.18. The lowest BCUT2D eigenvalue weighted by atomic mass is 10.1. The molecule has 0 aromatic carbocycles. The largest absolute Gasteiger partial charge is 0.335 e. The van der Waals surface area contributed by atoms with Crippen molar-refractivity contribution in [1.29, 1.82) is 0 Å². The quantitative estimate of drug-likeness (QED) is 0.835. The monoisotopic (exact) mass is 229 g/mol. The van der Waals surface area contributed by atoms with Crippen molar-refractivity contribution in [3.8, 4) is 0 Å². The molecule has 0 bridgehead atoms. The van der Waals surface area contributed by atoms with Gasteiger partial charge in [0, 0.05) is 13.1 Å². The summed E-state index contributed by atoms with van der Waals surface area (Å²) in [7, 11) is -3.32. The van der Waals surface area contributed by atoms with Gasteiger partial charge in [-0.2, -0.15) is 4.31 Å². The maximum atomic E-state index is 12.0. The number of nitrogens with one attached hydrogen (secondary N) is 1. The molecular formula is C9H15N3O2S. The highest BCUT2D eigenvalue weighted by Gasteiger charge is 2.32. The first-order valence-corrected chi connectivity index (χ1v) is 6.57. The Morgan fingerprint density at radius 2 is 2.47 bits per heavy atom. The van der Waals surface area contributed by atoms with Crippen LogP contribution in [0, 0.1) is 5.92 Å². The van der Waals surface area contributed by atoms with E-state index in [1.807, 2.05) is 0 Å². The van der Waals surface area contributed by atoms with E-state index in [2.05, 4.69) is 16.9 Å². The molecule has 2 rings (SSSR count). The summed E-state index contributed by atoms with van der Waals surface area (Å²) in [5, 5.41) is 0.194. The third kappa shape index (κ3) is 1.91. The third-order valence-electron chi connectivity index (χ3n) is 2.92. The number of hydrogen-bond donors (Lipinski definition) is 1. The van der Waals surface area contributed by atoms with Crippen LogP contribution in [0.15, 0.2) is 17.6 Å². The van der Waals surface area contributed by atoms with Crippen molar-refractivity contribution < 1.29 is 8.42 Å². The molecule has 1 aliphatic rings. The molecule has 1 saturated heterocycles. The molecule has 1 fully saturated rings. The minimum absolute atomic E-state index is 0.194. The molecule has 1 aromatic heterocycles. The van der Waals surface area contributed by atoms with Crippen LogP contribution in [-0.2, 0) is 10.0 Å². The Hall–Kier alpha value is -0.880. The standard InChI is InChI=1S/C9H15N3O2S/c1-2-8-3-4-12(6-8)15(13,14)9-5-10-7-11-9/h5,7-8H,2-4,6H2,1H3,(H,10,11). The molecular weight excluding hydrogens is 214 g/mol. The molecule has 1 aromatic rings. The second-order valence-electron chi connectivity index (χ2n) is 3.84. The summed E-state index contributed by atoms with van der Waals surface area (Å²) in [6.45, 7) is 3.36. The second kappa shape index (κ2) is 3.94. The SMILES string of the molecule is CCC1CCN(S(=O)(=O)c2cnc[nH]2)C1. The van der Waals surface area contributed by atoms with Crippen LogP contribution in [0.1, 0.15) is 19.8 Å². The molecule has 0 amide bonds. The van der Waals surface area contributed by atoms with Gasteiger partial charge in [0.2, 0.25) is 0 Å². The number of aromatic amines is 1. The zero-order valence-electron chi connectivity index (χ0n) is 8.68. The predicted molar refractivity (Wildman–Crippen MR) is 55.7 cm³/mol. The Morgan fingerprint density at radius 1 is 1.67 bits per heavy atom. The van der Waals surface area contributed by atoms with E-state index in [1.165, 1.54) is 16.8 Å². The number of imidazole rings is 1. The normalized spacial score (nSPS) is 23.4. The highest BCUT2D eigenvalue weighted by atomic mass is 32.2. The second-order valence-corrected chi connectivity index (χ2v) is 5.75. The summed E-state index contributed by atoms with van der Waals surface area (Å²) < 4.78 is 25.6. The molecule has 0 radical (unpaired) electrons. The molecule has 2 heterocycles. The third-order valence-corrected chi connectivity index (χ3v) is 4.71. The first kappa shape index (κ1) is 10.6. The molecule has 1 N–H and O–H groups in total. The average molecular weight is 229 g/mol. The van der Waals surface area contributed by atoms with Gasteiger partial charge in [0.05, 0.1) is 12.5 Å². The minimum atomic E-state index is -3.32. The van der Waals surface area contributed by atoms with Crippen LogP contribution in [0.4, 0.5) is 0 Å². The number of H-pyrrole nitrogens is 1. The van der Waals surface area contributed by atoms with Crippen LogP contribution >= 0.6 is 0 Å². The maximum Gasteiger partial charge on any atom is 0.260 e. The molecule has 5 nitrogen and oxygen atoms in total. The summed E-state index contributed by atoms with van der Waals surface area (Å²) >= 11 is 0. The van der Waals surface area contributed by atoms with E-state index in [4.69, 9.17) is 0 Å². The van der Waals surface area contributed by atoms with Crippen LogP contribution < -0.4 is 0 Å². The van der Waals surface area contributed by atoms with Gasteiger partial charge in [-0.15, -0.1) is 0 Å². The lowest BCUT2D eigenvalue weighted by Gasteiger charge is -2.14. The first-order chi connectivity index (χ1) is 7.14. The highest BCUT2D eigenvalue weighted by Crippen LogP contribution is 2.24. The van der Waals surface area contributed by atoms with E-state index in [9.17, 15) is 8.42 Å². The summed E-state index contributed by atoms with van der Waals surface area (Å²) in [5.41, 5.74) is 0. The van der Waals surface area contributed by atoms with Crippen LogP contribution in [0.5, 0.6) is 0 Å². The minimum Gasteiger partial charge on any atom is -0.335 e. The summed E-state index contributed by atoms with van der Waals surface area (Å²) in [5.74, 6) is 0.502. The van der Waals surface area contributed by atoms with Gasteiger partial charge in [-0.05, 0) is 12.3 Å². The van der Waals surface area contributed by atoms with Gasteiger partial charge < -0.3 is 4.98 Å². The van der Waals surface area contributed by atoms with Crippen molar-refractivity contribution in [2.75, 3.05) is 13.1 Å². The van der Waals surface area contributed by atoms with E-state index in [0.29, 0.717) is 19.0 Å².